The van der Waals surface area contributed by atoms with Crippen LogP contribution >= 0.6 is 0 Å². The molecule has 1 rings (SSSR count). The van der Waals surface area contributed by atoms with Crippen molar-refractivity contribution in [3.8, 4) is 0 Å². The van der Waals surface area contributed by atoms with Gasteiger partial charge < -0.3 is 10.4 Å². The third kappa shape index (κ3) is 4.35. The van der Waals surface area contributed by atoms with E-state index in [1.54, 1.807) is 0 Å². The molecular weight excluding hydrogens is 234 g/mol. The predicted octanol–water partition coefficient (Wildman–Crippen LogP) is 1.67. The Kier molecular flexibility index (Phi) is 5.61. The predicted molar refractivity (Wildman–Crippen MR) is 68.5 cm³/mol. The summed E-state index contributed by atoms with van der Waals surface area (Å²) in [5.74, 6) is 0.501. The fourth-order valence-electron chi connectivity index (χ4n) is 1.91. The zero-order valence-corrected chi connectivity index (χ0v) is 11.0. The van der Waals surface area contributed by atoms with Crippen LogP contribution in [-0.4, -0.2) is 40.9 Å². The molecule has 0 saturated carbocycles. The molecule has 0 bridgehead atoms. The van der Waals surface area contributed by atoms with E-state index in [2.05, 4.69) is 24.3 Å². The summed E-state index contributed by atoms with van der Waals surface area (Å²) < 4.78 is 0. The molecule has 0 aliphatic carbocycles. The molecule has 0 aromatic rings. The molecule has 0 aromatic carbocycles. The maximum atomic E-state index is 11.7. The van der Waals surface area contributed by atoms with Gasteiger partial charge in [-0.2, -0.15) is 5.10 Å². The zero-order valence-electron chi connectivity index (χ0n) is 11.0. The Labute approximate surface area is 107 Å². The lowest BCUT2D eigenvalue weighted by Crippen LogP contribution is -2.26. The summed E-state index contributed by atoms with van der Waals surface area (Å²) in [6.45, 7) is 5.19. The van der Waals surface area contributed by atoms with E-state index in [4.69, 9.17) is 5.11 Å². The first-order chi connectivity index (χ1) is 8.56. The molecule has 0 fully saturated rings. The summed E-state index contributed by atoms with van der Waals surface area (Å²) in [4.78, 5) is 22.0. The standard InChI is InChI=1S/C12H21N3O3/c1-3-9(4-2)8-15-11(16)7-10(14-15)5-6-13-12(17)18/h9,13H,3-8H2,1-2H3,(H,17,18). The summed E-state index contributed by atoms with van der Waals surface area (Å²) in [6.07, 6.45) is 1.84. The van der Waals surface area contributed by atoms with Crippen molar-refractivity contribution in [2.45, 2.75) is 39.5 Å². The molecule has 1 heterocycles. The highest BCUT2D eigenvalue weighted by Gasteiger charge is 2.24. The highest BCUT2D eigenvalue weighted by molar-refractivity contribution is 6.05. The first-order valence-corrected chi connectivity index (χ1v) is 6.40. The van der Waals surface area contributed by atoms with Crippen molar-refractivity contribution in [3.05, 3.63) is 0 Å². The number of rotatable bonds is 7. The Morgan fingerprint density at radius 2 is 2.17 bits per heavy atom. The average molecular weight is 255 g/mol. The summed E-state index contributed by atoms with van der Waals surface area (Å²) in [7, 11) is 0. The molecule has 6 heteroatoms. The quantitative estimate of drug-likeness (QED) is 0.726. The highest BCUT2D eigenvalue weighted by Crippen LogP contribution is 2.16. The number of hydrazone groups is 1. The molecule has 1 aliphatic rings. The molecular formula is C12H21N3O3. The van der Waals surface area contributed by atoms with E-state index >= 15 is 0 Å². The van der Waals surface area contributed by atoms with Crippen LogP contribution in [0.1, 0.15) is 39.5 Å². The second-order valence-corrected chi connectivity index (χ2v) is 4.48. The van der Waals surface area contributed by atoms with Crippen LogP contribution in [0.15, 0.2) is 5.10 Å². The maximum Gasteiger partial charge on any atom is 0.404 e. The van der Waals surface area contributed by atoms with Crippen LogP contribution in [0.25, 0.3) is 0 Å². The largest absolute Gasteiger partial charge is 0.465 e. The lowest BCUT2D eigenvalue weighted by Gasteiger charge is -2.18. The molecule has 0 aromatic heterocycles. The molecule has 6 nitrogen and oxygen atoms in total. The summed E-state index contributed by atoms with van der Waals surface area (Å²) in [5.41, 5.74) is 0.764. The molecule has 2 N–H and O–H groups in total. The minimum absolute atomic E-state index is 0.0206. The van der Waals surface area contributed by atoms with Gasteiger partial charge in [-0.15, -0.1) is 0 Å². The number of amides is 2. The summed E-state index contributed by atoms with van der Waals surface area (Å²) in [5, 5.41) is 16.5. The molecule has 0 unspecified atom stereocenters. The van der Waals surface area contributed by atoms with Crippen LogP contribution in [0.3, 0.4) is 0 Å². The molecule has 2 amide bonds. The van der Waals surface area contributed by atoms with Crippen molar-refractivity contribution >= 4 is 17.7 Å². The Hall–Kier alpha value is -1.59. The summed E-state index contributed by atoms with van der Waals surface area (Å²) >= 11 is 0. The third-order valence-corrected chi connectivity index (χ3v) is 3.18. The highest BCUT2D eigenvalue weighted by atomic mass is 16.4. The van der Waals surface area contributed by atoms with Crippen LogP contribution in [0.5, 0.6) is 0 Å². The second-order valence-electron chi connectivity index (χ2n) is 4.48. The van der Waals surface area contributed by atoms with Crippen molar-refractivity contribution in [1.29, 1.82) is 0 Å². The van der Waals surface area contributed by atoms with Crippen LogP contribution < -0.4 is 5.32 Å². The van der Waals surface area contributed by atoms with Gasteiger partial charge in [0.15, 0.2) is 0 Å². The first kappa shape index (κ1) is 14.5. The van der Waals surface area contributed by atoms with Gasteiger partial charge in [0.25, 0.3) is 0 Å². The minimum Gasteiger partial charge on any atom is -0.465 e. The molecule has 102 valence electrons. The number of hydrogen-bond donors (Lipinski definition) is 2. The van der Waals surface area contributed by atoms with E-state index in [1.165, 1.54) is 5.01 Å². The number of nitrogens with zero attached hydrogens (tertiary/aromatic N) is 2. The van der Waals surface area contributed by atoms with Crippen molar-refractivity contribution in [2.24, 2.45) is 11.0 Å². The van der Waals surface area contributed by atoms with E-state index in [0.29, 0.717) is 31.8 Å². The first-order valence-electron chi connectivity index (χ1n) is 6.40. The Morgan fingerprint density at radius 1 is 1.50 bits per heavy atom. The Balaban J connectivity index is 2.43. The van der Waals surface area contributed by atoms with Gasteiger partial charge in [-0.3, -0.25) is 4.79 Å². The Bertz CT molecular complexity index is 337. The van der Waals surface area contributed by atoms with Crippen molar-refractivity contribution in [3.63, 3.8) is 0 Å². The number of carbonyl (C=O) groups is 2. The van der Waals surface area contributed by atoms with Gasteiger partial charge in [0, 0.05) is 25.2 Å². The monoisotopic (exact) mass is 255 g/mol. The normalized spacial score (nSPS) is 15.2. The molecule has 0 saturated heterocycles. The van der Waals surface area contributed by atoms with Gasteiger partial charge in [0.05, 0.1) is 6.42 Å². The summed E-state index contributed by atoms with van der Waals surface area (Å²) in [6, 6.07) is 0. The van der Waals surface area contributed by atoms with E-state index in [0.717, 1.165) is 18.6 Å². The van der Waals surface area contributed by atoms with Crippen molar-refractivity contribution < 1.29 is 14.7 Å². The molecule has 18 heavy (non-hydrogen) atoms. The van der Waals surface area contributed by atoms with Crippen LogP contribution in [0.4, 0.5) is 4.79 Å². The second kappa shape index (κ2) is 6.98. The fourth-order valence-corrected chi connectivity index (χ4v) is 1.91. The lowest BCUT2D eigenvalue weighted by molar-refractivity contribution is -0.129. The minimum atomic E-state index is -1.05. The van der Waals surface area contributed by atoms with Gasteiger partial charge in [0.1, 0.15) is 0 Å². The van der Waals surface area contributed by atoms with Gasteiger partial charge in [-0.25, -0.2) is 9.80 Å². The third-order valence-electron chi connectivity index (χ3n) is 3.18. The fraction of sp³-hybridized carbons (Fsp3) is 0.750. The lowest BCUT2D eigenvalue weighted by atomic mass is 10.0. The topological polar surface area (TPSA) is 82.0 Å². The number of hydrogen-bond acceptors (Lipinski definition) is 3. The number of carbonyl (C=O) groups excluding carboxylic acids is 1. The van der Waals surface area contributed by atoms with Gasteiger partial charge >= 0.3 is 6.09 Å². The maximum absolute atomic E-state index is 11.7. The van der Waals surface area contributed by atoms with Crippen LogP contribution in [0, 0.1) is 5.92 Å². The molecule has 1 aliphatic heterocycles. The molecule has 0 spiro atoms. The van der Waals surface area contributed by atoms with Crippen LogP contribution in [-0.2, 0) is 4.79 Å². The van der Waals surface area contributed by atoms with Gasteiger partial charge in [0.2, 0.25) is 5.91 Å². The van der Waals surface area contributed by atoms with Crippen LogP contribution in [0.2, 0.25) is 0 Å². The molecule has 0 radical (unpaired) electrons. The van der Waals surface area contributed by atoms with E-state index in [-0.39, 0.29) is 5.91 Å². The van der Waals surface area contributed by atoms with E-state index in [9.17, 15) is 9.59 Å². The average Bonchev–Trinajstić information content (AvgIpc) is 2.66. The SMILES string of the molecule is CCC(CC)CN1N=C(CCNC(=O)O)CC1=O. The van der Waals surface area contributed by atoms with Gasteiger partial charge in [-0.05, 0) is 5.92 Å². The smallest absolute Gasteiger partial charge is 0.404 e. The zero-order chi connectivity index (χ0) is 13.5. The van der Waals surface area contributed by atoms with E-state index in [1.807, 2.05) is 0 Å². The number of carboxylic acid groups (broad SMARTS) is 1. The van der Waals surface area contributed by atoms with Crippen molar-refractivity contribution in [1.82, 2.24) is 10.3 Å². The van der Waals surface area contributed by atoms with Gasteiger partial charge in [-0.1, -0.05) is 26.7 Å². The van der Waals surface area contributed by atoms with E-state index < -0.39 is 6.09 Å². The van der Waals surface area contributed by atoms with Crippen molar-refractivity contribution in [2.75, 3.05) is 13.1 Å². The number of nitrogens with one attached hydrogen (secondary N) is 1. The Morgan fingerprint density at radius 3 is 2.72 bits per heavy atom. The molecule has 0 atom stereocenters.